The van der Waals surface area contributed by atoms with Gasteiger partial charge in [-0.05, 0) is 83.5 Å². The van der Waals surface area contributed by atoms with Gasteiger partial charge in [-0.15, -0.1) is 0 Å². The molecule has 0 aliphatic heterocycles. The highest BCUT2D eigenvalue weighted by molar-refractivity contribution is 6.27. The Balaban J connectivity index is 1.51. The van der Waals surface area contributed by atoms with E-state index in [1.54, 1.807) is 0 Å². The summed E-state index contributed by atoms with van der Waals surface area (Å²) in [5, 5.41) is 10.2. The maximum atomic E-state index is 9.36. The van der Waals surface area contributed by atoms with Gasteiger partial charge in [-0.3, -0.25) is 0 Å². The van der Waals surface area contributed by atoms with Crippen molar-refractivity contribution < 1.29 is 8.53 Å². The molecule has 0 atom stereocenters. The molecular weight excluding hydrogens is 496 g/mol. The molecule has 0 aliphatic rings. The lowest BCUT2D eigenvalue weighted by molar-refractivity contribution is 0.669. The first-order chi connectivity index (χ1) is 21.6. The normalized spacial score (nSPS) is 12.9. The first-order valence-corrected chi connectivity index (χ1v) is 13.9. The lowest BCUT2D eigenvalue weighted by Gasteiger charge is -2.19. The van der Waals surface area contributed by atoms with Crippen molar-refractivity contribution in [3.8, 4) is 22.3 Å². The molecule has 0 spiro atoms. The van der Waals surface area contributed by atoms with E-state index in [9.17, 15) is 1.37 Å². The van der Waals surface area contributed by atoms with Crippen LogP contribution in [0.1, 0.15) is 4.11 Å². The van der Waals surface area contributed by atoms with E-state index < -0.39 is 0 Å². The number of benzene rings is 8. The molecule has 8 aromatic carbocycles. The number of hydrogen-bond acceptors (Lipinski definition) is 1. The number of furan rings is 1. The Labute approximate surface area is 241 Å². The van der Waals surface area contributed by atoms with Gasteiger partial charge in [0.2, 0.25) is 0 Å². The van der Waals surface area contributed by atoms with E-state index in [0.717, 1.165) is 54.4 Å². The van der Waals surface area contributed by atoms with E-state index in [-0.39, 0.29) is 18.1 Å². The van der Waals surface area contributed by atoms with Crippen LogP contribution in [-0.4, -0.2) is 0 Å². The highest BCUT2D eigenvalue weighted by atomic mass is 16.3. The fourth-order valence-electron chi connectivity index (χ4n) is 6.65. The van der Waals surface area contributed by atoms with E-state index in [1.807, 2.05) is 36.4 Å². The molecule has 0 bridgehead atoms. The molecule has 0 amide bonds. The van der Waals surface area contributed by atoms with Gasteiger partial charge in [-0.25, -0.2) is 0 Å². The van der Waals surface area contributed by atoms with Crippen LogP contribution in [0.5, 0.6) is 0 Å². The minimum atomic E-state index is -0.137. The number of rotatable bonds is 2. The molecule has 190 valence electrons. The Morgan fingerprint density at radius 2 is 0.951 bits per heavy atom. The van der Waals surface area contributed by atoms with Crippen LogP contribution in [0.2, 0.25) is 0 Å². The van der Waals surface area contributed by atoms with Crippen molar-refractivity contribution in [1.29, 1.82) is 0 Å². The van der Waals surface area contributed by atoms with Crippen molar-refractivity contribution in [3.63, 3.8) is 0 Å². The molecule has 9 rings (SSSR count). The zero-order valence-corrected chi connectivity index (χ0v) is 22.0. The van der Waals surface area contributed by atoms with Crippen molar-refractivity contribution >= 4 is 65.0 Å². The first-order valence-electron chi connectivity index (χ1n) is 15.4. The van der Waals surface area contributed by atoms with E-state index in [2.05, 4.69) is 91.0 Å². The van der Waals surface area contributed by atoms with E-state index in [0.29, 0.717) is 22.1 Å². The molecule has 41 heavy (non-hydrogen) atoms. The first kappa shape index (κ1) is 19.6. The summed E-state index contributed by atoms with van der Waals surface area (Å²) in [6.45, 7) is 0. The van der Waals surface area contributed by atoms with Crippen LogP contribution >= 0.6 is 0 Å². The van der Waals surface area contributed by atoms with Gasteiger partial charge in [0, 0.05) is 10.8 Å². The standard InChI is InChI=1S/C40H24O/c1-2-13-27-24-37-35(23-26(27)12-1)40-34(21-10-22-36(40)41-37)39-32-18-7-5-16-30(32)38(31-17-6-8-19-33(31)39)29-20-9-14-25-11-3-4-15-28(25)29/h1-24H/i10D,21D,22D. The molecule has 0 aliphatic carbocycles. The van der Waals surface area contributed by atoms with Gasteiger partial charge in [0.25, 0.3) is 0 Å². The second-order valence-corrected chi connectivity index (χ2v) is 10.6. The molecule has 0 saturated carbocycles. The second kappa shape index (κ2) is 8.55. The molecule has 0 saturated heterocycles. The van der Waals surface area contributed by atoms with E-state index in [4.69, 9.17) is 7.16 Å². The third-order valence-corrected chi connectivity index (χ3v) is 8.41. The Morgan fingerprint density at radius 1 is 0.415 bits per heavy atom. The fourth-order valence-corrected chi connectivity index (χ4v) is 6.65. The Bertz CT molecular complexity index is 2590. The summed E-state index contributed by atoms with van der Waals surface area (Å²) in [6.07, 6.45) is 0. The van der Waals surface area contributed by atoms with Crippen LogP contribution in [0, 0.1) is 0 Å². The predicted octanol–water partition coefficient (Wildman–Crippen LogP) is 11.5. The third-order valence-electron chi connectivity index (χ3n) is 8.41. The maximum Gasteiger partial charge on any atom is 0.136 e. The van der Waals surface area contributed by atoms with Gasteiger partial charge < -0.3 is 4.42 Å². The summed E-state index contributed by atoms with van der Waals surface area (Å²) < 4.78 is 33.5. The summed E-state index contributed by atoms with van der Waals surface area (Å²) in [5.74, 6) is 0. The van der Waals surface area contributed by atoms with Crippen LogP contribution in [0.15, 0.2) is 150 Å². The molecule has 0 radical (unpaired) electrons. The zero-order chi connectivity index (χ0) is 29.5. The van der Waals surface area contributed by atoms with Gasteiger partial charge in [-0.1, -0.05) is 127 Å². The van der Waals surface area contributed by atoms with Crippen LogP contribution < -0.4 is 0 Å². The molecule has 0 unspecified atom stereocenters. The van der Waals surface area contributed by atoms with Crippen LogP contribution in [-0.2, 0) is 0 Å². The van der Waals surface area contributed by atoms with Crippen LogP contribution in [0.25, 0.3) is 87.3 Å². The van der Waals surface area contributed by atoms with Crippen molar-refractivity contribution in [2.75, 3.05) is 0 Å². The maximum absolute atomic E-state index is 9.36. The van der Waals surface area contributed by atoms with Gasteiger partial charge in [0.05, 0.1) is 4.11 Å². The summed E-state index contributed by atoms with van der Waals surface area (Å²) in [7, 11) is 0. The highest BCUT2D eigenvalue weighted by Crippen LogP contribution is 2.48. The predicted molar refractivity (Wildman–Crippen MR) is 175 cm³/mol. The third kappa shape index (κ3) is 3.24. The molecule has 0 fully saturated rings. The zero-order valence-electron chi connectivity index (χ0n) is 25.0. The Morgan fingerprint density at radius 3 is 1.63 bits per heavy atom. The topological polar surface area (TPSA) is 13.1 Å². The van der Waals surface area contributed by atoms with Crippen molar-refractivity contribution in [3.05, 3.63) is 146 Å². The SMILES string of the molecule is [2H]c1c([2H])c(-c2c3ccccc3c(-c3cccc4ccccc34)c3ccccc23)c2c(oc3cc4ccccc4cc32)c1[2H]. The molecule has 1 heteroatoms. The molecule has 0 N–H and O–H groups in total. The van der Waals surface area contributed by atoms with E-state index >= 15 is 0 Å². The molecule has 1 aromatic heterocycles. The van der Waals surface area contributed by atoms with Gasteiger partial charge >= 0.3 is 0 Å². The minimum absolute atomic E-state index is 0.0339. The number of fused-ring (bicyclic) bond motifs is 7. The monoisotopic (exact) mass is 523 g/mol. The quantitative estimate of drug-likeness (QED) is 0.205. The summed E-state index contributed by atoms with van der Waals surface area (Å²) >= 11 is 0. The summed E-state index contributed by atoms with van der Waals surface area (Å²) in [5.41, 5.74) is 4.82. The molecule has 1 nitrogen and oxygen atoms in total. The van der Waals surface area contributed by atoms with Crippen molar-refractivity contribution in [2.24, 2.45) is 0 Å². The average molecular weight is 524 g/mol. The van der Waals surface area contributed by atoms with Crippen molar-refractivity contribution in [1.82, 2.24) is 0 Å². The lowest BCUT2D eigenvalue weighted by Crippen LogP contribution is -1.92. The van der Waals surface area contributed by atoms with Gasteiger partial charge in [0.1, 0.15) is 11.2 Å². The summed E-state index contributed by atoms with van der Waals surface area (Å²) in [6, 6.07) is 43.7. The average Bonchev–Trinajstić information content (AvgIpc) is 3.44. The molecule has 1 heterocycles. The minimum Gasteiger partial charge on any atom is -0.456 e. The lowest BCUT2D eigenvalue weighted by atomic mass is 9.84. The number of hydrogen-bond donors (Lipinski definition) is 0. The largest absolute Gasteiger partial charge is 0.456 e. The van der Waals surface area contributed by atoms with Gasteiger partial charge in [0.15, 0.2) is 0 Å². The summed E-state index contributed by atoms with van der Waals surface area (Å²) in [4.78, 5) is 0. The van der Waals surface area contributed by atoms with Crippen LogP contribution in [0.4, 0.5) is 0 Å². The molecular formula is C40H24O. The smallest absolute Gasteiger partial charge is 0.136 e. The fraction of sp³-hybridized carbons (Fsp3) is 0. The Hall–Kier alpha value is -5.40. The highest BCUT2D eigenvalue weighted by Gasteiger charge is 2.21. The van der Waals surface area contributed by atoms with E-state index in [1.165, 1.54) is 10.8 Å². The Kier molecular flexibility index (Phi) is 4.09. The van der Waals surface area contributed by atoms with Crippen LogP contribution in [0.3, 0.4) is 0 Å². The van der Waals surface area contributed by atoms with Gasteiger partial charge in [-0.2, -0.15) is 0 Å². The van der Waals surface area contributed by atoms with Crippen molar-refractivity contribution in [2.45, 2.75) is 0 Å². The molecule has 9 aromatic rings. The second-order valence-electron chi connectivity index (χ2n) is 10.6.